The van der Waals surface area contributed by atoms with Gasteiger partial charge in [-0.1, -0.05) is 13.8 Å². The van der Waals surface area contributed by atoms with Gasteiger partial charge in [0.2, 0.25) is 0 Å². The summed E-state index contributed by atoms with van der Waals surface area (Å²) in [5.41, 5.74) is -1.37. The van der Waals surface area contributed by atoms with Crippen molar-refractivity contribution >= 4 is 0 Å². The van der Waals surface area contributed by atoms with E-state index in [1.807, 2.05) is 0 Å². The lowest BCUT2D eigenvalue weighted by Crippen LogP contribution is -2.65. The highest BCUT2D eigenvalue weighted by atomic mass is 16.7. The fourth-order valence-electron chi connectivity index (χ4n) is 10.7. The Bertz CT molecular complexity index is 782. The number of aliphatic hydroxyl groups excluding tert-OH is 1. The van der Waals surface area contributed by atoms with Crippen LogP contribution in [0.25, 0.3) is 0 Å². The molecule has 3 N–H and O–H groups in total. The second-order valence-electron chi connectivity index (χ2n) is 13.1. The quantitative estimate of drug-likeness (QED) is 0.639. The molecule has 0 aromatic carbocycles. The van der Waals surface area contributed by atoms with Crippen molar-refractivity contribution < 1.29 is 24.8 Å². The molecule has 12 atom stereocenters. The molecule has 174 valence electrons. The van der Waals surface area contributed by atoms with Gasteiger partial charge in [0.15, 0.2) is 6.29 Å². The lowest BCUT2D eigenvalue weighted by Gasteiger charge is -2.64. The average molecular weight is 433 g/mol. The molecule has 0 bridgehead atoms. The summed E-state index contributed by atoms with van der Waals surface area (Å²) in [4.78, 5) is 0. The first kappa shape index (κ1) is 20.2. The minimum absolute atomic E-state index is 0.0203. The Balaban J connectivity index is 1.21. The zero-order valence-electron chi connectivity index (χ0n) is 19.1. The molecule has 7 aliphatic rings. The fraction of sp³-hybridized carbons (Fsp3) is 1.00. The van der Waals surface area contributed by atoms with Gasteiger partial charge in [-0.15, -0.1) is 0 Å². The molecule has 7 rings (SSSR count). The first-order valence-corrected chi connectivity index (χ1v) is 13.1. The van der Waals surface area contributed by atoms with Crippen LogP contribution in [0.1, 0.15) is 71.6 Å². The molecular weight excluding hydrogens is 392 g/mol. The highest BCUT2D eigenvalue weighted by Crippen LogP contribution is 2.82. The van der Waals surface area contributed by atoms with E-state index >= 15 is 0 Å². The summed E-state index contributed by atoms with van der Waals surface area (Å²) in [6.07, 6.45) is 7.99. The summed E-state index contributed by atoms with van der Waals surface area (Å²) in [7, 11) is 0. The summed E-state index contributed by atoms with van der Waals surface area (Å²) in [6, 6.07) is 0. The zero-order valence-corrected chi connectivity index (χ0v) is 19.1. The molecule has 4 unspecified atom stereocenters. The van der Waals surface area contributed by atoms with Crippen LogP contribution in [0.5, 0.6) is 0 Å². The van der Waals surface area contributed by atoms with Crippen LogP contribution in [0.15, 0.2) is 0 Å². The number of ether oxygens (including phenoxy) is 2. The molecule has 6 aliphatic carbocycles. The van der Waals surface area contributed by atoms with Crippen LogP contribution < -0.4 is 0 Å². The van der Waals surface area contributed by atoms with E-state index in [4.69, 9.17) is 9.47 Å². The Morgan fingerprint density at radius 2 is 1.58 bits per heavy atom. The van der Waals surface area contributed by atoms with Gasteiger partial charge in [0.25, 0.3) is 0 Å². The maximum Gasteiger partial charge on any atom is 0.157 e. The van der Waals surface area contributed by atoms with Gasteiger partial charge in [-0.25, -0.2) is 0 Å². The summed E-state index contributed by atoms with van der Waals surface area (Å²) in [5.74, 6) is 3.85. The van der Waals surface area contributed by atoms with Gasteiger partial charge in [-0.2, -0.15) is 0 Å². The largest absolute Gasteiger partial charge is 0.393 e. The summed E-state index contributed by atoms with van der Waals surface area (Å²) < 4.78 is 11.4. The average Bonchev–Trinajstić information content (AvgIpc) is 3.63. The maximum atomic E-state index is 12.2. The SMILES string of the molecule is C[C@]12CCC3C(C1[C@@H]1C[C@@H]1[C@@]2(O)CCC1OCCO1)[C@H]1C[C@H]1C1(O)C[C@@H](O)CC[C@]31C. The first-order chi connectivity index (χ1) is 14.7. The van der Waals surface area contributed by atoms with Gasteiger partial charge in [-0.05, 0) is 97.2 Å². The number of aliphatic hydroxyl groups is 3. The predicted octanol–water partition coefficient (Wildman–Crippen LogP) is 3.10. The molecule has 5 nitrogen and oxygen atoms in total. The molecule has 1 heterocycles. The van der Waals surface area contributed by atoms with E-state index in [1.54, 1.807) is 0 Å². The molecule has 5 heteroatoms. The maximum absolute atomic E-state index is 12.2. The molecular formula is C26H40O5. The highest BCUT2D eigenvalue weighted by Gasteiger charge is 2.81. The van der Waals surface area contributed by atoms with Crippen LogP contribution in [0, 0.1) is 52.3 Å². The van der Waals surface area contributed by atoms with E-state index in [1.165, 1.54) is 6.42 Å². The van der Waals surface area contributed by atoms with Crippen molar-refractivity contribution in [2.75, 3.05) is 13.2 Å². The molecule has 0 aromatic heterocycles. The van der Waals surface area contributed by atoms with E-state index in [9.17, 15) is 15.3 Å². The standard InChI is InChI=1S/C26H40O5/c1-23-6-3-14(27)13-26(23,29)18-11-15(18)21-17(23)4-7-24(2)22(21)16-12-19(16)25(24,28)8-5-20-30-9-10-31-20/h14-22,27-29H,3-13H2,1-2H3/t14-,15-,16+,17?,18+,19-,21?,22?,23+,24-,25-,26?/m0/s1. The number of hydrogen-bond acceptors (Lipinski definition) is 5. The van der Waals surface area contributed by atoms with Gasteiger partial charge >= 0.3 is 0 Å². The zero-order chi connectivity index (χ0) is 21.4. The van der Waals surface area contributed by atoms with Crippen LogP contribution in [0.4, 0.5) is 0 Å². The second kappa shape index (κ2) is 6.07. The van der Waals surface area contributed by atoms with Gasteiger partial charge in [0.05, 0.1) is 30.5 Å². The van der Waals surface area contributed by atoms with Crippen molar-refractivity contribution in [2.45, 2.75) is 95.2 Å². The monoisotopic (exact) mass is 432 g/mol. The normalized spacial score (nSPS) is 64.2. The third-order valence-corrected chi connectivity index (χ3v) is 12.2. The van der Waals surface area contributed by atoms with Crippen molar-refractivity contribution in [3.05, 3.63) is 0 Å². The summed E-state index contributed by atoms with van der Waals surface area (Å²) in [5, 5.41) is 34.5. The third kappa shape index (κ3) is 2.31. The number of hydrogen-bond donors (Lipinski definition) is 3. The van der Waals surface area contributed by atoms with Gasteiger partial charge in [0, 0.05) is 12.8 Å². The van der Waals surface area contributed by atoms with Crippen LogP contribution in [-0.2, 0) is 9.47 Å². The Morgan fingerprint density at radius 3 is 2.35 bits per heavy atom. The van der Waals surface area contributed by atoms with Crippen molar-refractivity contribution in [3.63, 3.8) is 0 Å². The molecule has 0 amide bonds. The Hall–Kier alpha value is -0.200. The second-order valence-corrected chi connectivity index (χ2v) is 13.1. The highest BCUT2D eigenvalue weighted by molar-refractivity contribution is 5.29. The molecule has 6 saturated carbocycles. The lowest BCUT2D eigenvalue weighted by molar-refractivity contribution is -0.238. The van der Waals surface area contributed by atoms with Gasteiger partial charge < -0.3 is 24.8 Å². The molecule has 0 aromatic rings. The predicted molar refractivity (Wildman–Crippen MR) is 114 cm³/mol. The number of rotatable bonds is 3. The van der Waals surface area contributed by atoms with Crippen LogP contribution in [0.3, 0.4) is 0 Å². The van der Waals surface area contributed by atoms with E-state index in [0.29, 0.717) is 61.1 Å². The lowest BCUT2D eigenvalue weighted by atomic mass is 9.42. The molecule has 1 aliphatic heterocycles. The topological polar surface area (TPSA) is 79.2 Å². The van der Waals surface area contributed by atoms with Crippen molar-refractivity contribution in [1.82, 2.24) is 0 Å². The van der Waals surface area contributed by atoms with Crippen LogP contribution in [-0.4, -0.2) is 52.1 Å². The molecule has 31 heavy (non-hydrogen) atoms. The summed E-state index contributed by atoms with van der Waals surface area (Å²) >= 11 is 0. The summed E-state index contributed by atoms with van der Waals surface area (Å²) in [6.45, 7) is 6.12. The van der Waals surface area contributed by atoms with Gasteiger partial charge in [-0.3, -0.25) is 0 Å². The van der Waals surface area contributed by atoms with Crippen LogP contribution in [0.2, 0.25) is 0 Å². The minimum Gasteiger partial charge on any atom is -0.393 e. The van der Waals surface area contributed by atoms with E-state index in [-0.39, 0.29) is 23.2 Å². The van der Waals surface area contributed by atoms with E-state index in [2.05, 4.69) is 13.8 Å². The number of fused-ring (bicyclic) bond motifs is 10. The molecule has 0 spiro atoms. The third-order valence-electron chi connectivity index (χ3n) is 12.2. The Kier molecular flexibility index (Phi) is 3.96. The minimum atomic E-state index is -0.681. The van der Waals surface area contributed by atoms with E-state index < -0.39 is 11.2 Å². The van der Waals surface area contributed by atoms with Crippen molar-refractivity contribution in [3.8, 4) is 0 Å². The van der Waals surface area contributed by atoms with Crippen molar-refractivity contribution in [2.24, 2.45) is 52.3 Å². The van der Waals surface area contributed by atoms with Gasteiger partial charge in [0.1, 0.15) is 0 Å². The Labute approximate surface area is 185 Å². The molecule has 1 saturated heterocycles. The molecule has 0 radical (unpaired) electrons. The molecule has 7 fully saturated rings. The fourth-order valence-corrected chi connectivity index (χ4v) is 10.7. The first-order valence-electron chi connectivity index (χ1n) is 13.1. The Morgan fingerprint density at radius 1 is 0.871 bits per heavy atom. The smallest absolute Gasteiger partial charge is 0.157 e. The van der Waals surface area contributed by atoms with Crippen molar-refractivity contribution in [1.29, 1.82) is 0 Å². The van der Waals surface area contributed by atoms with E-state index in [0.717, 1.165) is 44.9 Å². The van der Waals surface area contributed by atoms with Crippen LogP contribution >= 0.6 is 0 Å².